The van der Waals surface area contributed by atoms with Crippen molar-refractivity contribution in [3.05, 3.63) is 30.1 Å². The molecule has 5 heteroatoms. The highest BCUT2D eigenvalue weighted by Crippen LogP contribution is 2.15. The third-order valence-corrected chi connectivity index (χ3v) is 3.26. The number of nitrogens with zero attached hydrogens (tertiary/aromatic N) is 2. The second kappa shape index (κ2) is 7.21. The number of pyridine rings is 1. The Labute approximate surface area is 113 Å². The molecule has 0 aliphatic carbocycles. The molecule has 0 spiro atoms. The standard InChI is InChI=1S/C14H21N3O2/c15-6-5-14(18)17(11-13-4-2-8-19-13)10-12-3-1-7-16-9-12/h1,3,7,9,13H,2,4-6,8,10-11,15H2. The van der Waals surface area contributed by atoms with Crippen LogP contribution < -0.4 is 5.73 Å². The lowest BCUT2D eigenvalue weighted by Gasteiger charge is -2.25. The summed E-state index contributed by atoms with van der Waals surface area (Å²) in [7, 11) is 0. The highest BCUT2D eigenvalue weighted by molar-refractivity contribution is 5.76. The predicted molar refractivity (Wildman–Crippen MR) is 72.3 cm³/mol. The fraction of sp³-hybridized carbons (Fsp3) is 0.571. The lowest BCUT2D eigenvalue weighted by molar-refractivity contribution is -0.133. The van der Waals surface area contributed by atoms with Gasteiger partial charge < -0.3 is 15.4 Å². The third-order valence-electron chi connectivity index (χ3n) is 3.26. The van der Waals surface area contributed by atoms with E-state index in [0.717, 1.165) is 25.0 Å². The van der Waals surface area contributed by atoms with Crippen LogP contribution >= 0.6 is 0 Å². The summed E-state index contributed by atoms with van der Waals surface area (Å²) >= 11 is 0. The van der Waals surface area contributed by atoms with Crippen LogP contribution in [0.1, 0.15) is 24.8 Å². The molecule has 2 heterocycles. The molecule has 2 rings (SSSR count). The zero-order chi connectivity index (χ0) is 13.5. The maximum atomic E-state index is 12.1. The highest BCUT2D eigenvalue weighted by Gasteiger charge is 2.22. The molecule has 1 aliphatic rings. The number of rotatable bonds is 6. The second-order valence-corrected chi connectivity index (χ2v) is 4.81. The zero-order valence-electron chi connectivity index (χ0n) is 11.1. The molecular weight excluding hydrogens is 242 g/mol. The topological polar surface area (TPSA) is 68.5 Å². The van der Waals surface area contributed by atoms with Crippen molar-refractivity contribution in [1.29, 1.82) is 0 Å². The van der Waals surface area contributed by atoms with Crippen LogP contribution in [0.4, 0.5) is 0 Å². The number of carbonyl (C=O) groups is 1. The van der Waals surface area contributed by atoms with Gasteiger partial charge in [-0.3, -0.25) is 9.78 Å². The summed E-state index contributed by atoms with van der Waals surface area (Å²) in [6.07, 6.45) is 6.18. The van der Waals surface area contributed by atoms with Crippen molar-refractivity contribution in [3.8, 4) is 0 Å². The van der Waals surface area contributed by atoms with Gasteiger partial charge in [0.2, 0.25) is 5.91 Å². The molecule has 1 aromatic rings. The molecule has 0 radical (unpaired) electrons. The smallest absolute Gasteiger partial charge is 0.224 e. The molecule has 104 valence electrons. The minimum absolute atomic E-state index is 0.0850. The molecule has 1 amide bonds. The van der Waals surface area contributed by atoms with Crippen molar-refractivity contribution >= 4 is 5.91 Å². The molecule has 1 aromatic heterocycles. The monoisotopic (exact) mass is 263 g/mol. The summed E-state index contributed by atoms with van der Waals surface area (Å²) in [5.74, 6) is 0.0850. The molecule has 0 aromatic carbocycles. The number of ether oxygens (including phenoxy) is 1. The summed E-state index contributed by atoms with van der Waals surface area (Å²) < 4.78 is 5.61. The van der Waals surface area contributed by atoms with E-state index in [2.05, 4.69) is 4.98 Å². The van der Waals surface area contributed by atoms with Crippen LogP contribution in [0.3, 0.4) is 0 Å². The van der Waals surface area contributed by atoms with Gasteiger partial charge in [-0.05, 0) is 24.5 Å². The van der Waals surface area contributed by atoms with Gasteiger partial charge >= 0.3 is 0 Å². The molecule has 1 saturated heterocycles. The van der Waals surface area contributed by atoms with Gasteiger partial charge in [0.05, 0.1) is 6.10 Å². The van der Waals surface area contributed by atoms with Gasteiger partial charge in [-0.15, -0.1) is 0 Å². The van der Waals surface area contributed by atoms with E-state index in [1.165, 1.54) is 0 Å². The van der Waals surface area contributed by atoms with Crippen LogP contribution in [0.25, 0.3) is 0 Å². The number of aromatic nitrogens is 1. The normalized spacial score (nSPS) is 18.5. The van der Waals surface area contributed by atoms with Crippen molar-refractivity contribution in [3.63, 3.8) is 0 Å². The fourth-order valence-corrected chi connectivity index (χ4v) is 2.28. The maximum absolute atomic E-state index is 12.1. The van der Waals surface area contributed by atoms with Crippen LogP contribution in [0.5, 0.6) is 0 Å². The van der Waals surface area contributed by atoms with Crippen molar-refractivity contribution in [2.45, 2.75) is 31.9 Å². The predicted octanol–water partition coefficient (Wildman–Crippen LogP) is 0.938. The average Bonchev–Trinajstić information content (AvgIpc) is 2.92. The van der Waals surface area contributed by atoms with E-state index in [0.29, 0.717) is 26.1 Å². The van der Waals surface area contributed by atoms with Gasteiger partial charge in [0, 0.05) is 45.1 Å². The van der Waals surface area contributed by atoms with Gasteiger partial charge in [-0.25, -0.2) is 0 Å². The van der Waals surface area contributed by atoms with Crippen molar-refractivity contribution in [2.24, 2.45) is 5.73 Å². The summed E-state index contributed by atoms with van der Waals surface area (Å²) in [4.78, 5) is 18.0. The number of nitrogens with two attached hydrogens (primary N) is 1. The number of amides is 1. The quantitative estimate of drug-likeness (QED) is 0.829. The molecule has 2 N–H and O–H groups in total. The van der Waals surface area contributed by atoms with Crippen molar-refractivity contribution < 1.29 is 9.53 Å². The van der Waals surface area contributed by atoms with Gasteiger partial charge in [-0.1, -0.05) is 6.07 Å². The number of carbonyl (C=O) groups excluding carboxylic acids is 1. The summed E-state index contributed by atoms with van der Waals surface area (Å²) in [6.45, 7) is 2.41. The third kappa shape index (κ3) is 4.29. The van der Waals surface area contributed by atoms with Crippen molar-refractivity contribution in [2.75, 3.05) is 19.7 Å². The van der Waals surface area contributed by atoms with E-state index in [1.807, 2.05) is 17.0 Å². The van der Waals surface area contributed by atoms with E-state index < -0.39 is 0 Å². The molecule has 5 nitrogen and oxygen atoms in total. The van der Waals surface area contributed by atoms with E-state index >= 15 is 0 Å². The van der Waals surface area contributed by atoms with E-state index in [-0.39, 0.29) is 12.0 Å². The van der Waals surface area contributed by atoms with Crippen molar-refractivity contribution in [1.82, 2.24) is 9.88 Å². The maximum Gasteiger partial charge on any atom is 0.224 e. The number of hydrogen-bond donors (Lipinski definition) is 1. The lowest BCUT2D eigenvalue weighted by Crippen LogP contribution is -2.37. The minimum Gasteiger partial charge on any atom is -0.376 e. The van der Waals surface area contributed by atoms with E-state index in [1.54, 1.807) is 12.4 Å². The van der Waals surface area contributed by atoms with Crippen LogP contribution in [0.2, 0.25) is 0 Å². The Hall–Kier alpha value is -1.46. The van der Waals surface area contributed by atoms with Crippen LogP contribution in [0.15, 0.2) is 24.5 Å². The average molecular weight is 263 g/mol. The van der Waals surface area contributed by atoms with Gasteiger partial charge in [0.25, 0.3) is 0 Å². The summed E-state index contributed by atoms with van der Waals surface area (Å²) in [5.41, 5.74) is 6.51. The SMILES string of the molecule is NCCC(=O)N(Cc1cccnc1)CC1CCCO1. The van der Waals surface area contributed by atoms with Gasteiger partial charge in [0.15, 0.2) is 0 Å². The van der Waals surface area contributed by atoms with Crippen LogP contribution in [-0.4, -0.2) is 41.6 Å². The van der Waals surface area contributed by atoms with E-state index in [4.69, 9.17) is 10.5 Å². The Morgan fingerprint density at radius 1 is 1.58 bits per heavy atom. The summed E-state index contributed by atoms with van der Waals surface area (Å²) in [5, 5.41) is 0. The van der Waals surface area contributed by atoms with Crippen LogP contribution in [-0.2, 0) is 16.1 Å². The molecule has 1 unspecified atom stereocenters. The molecule has 1 fully saturated rings. The Morgan fingerprint density at radius 2 is 2.47 bits per heavy atom. The fourth-order valence-electron chi connectivity index (χ4n) is 2.28. The van der Waals surface area contributed by atoms with Gasteiger partial charge in [-0.2, -0.15) is 0 Å². The summed E-state index contributed by atoms with van der Waals surface area (Å²) in [6, 6.07) is 3.86. The lowest BCUT2D eigenvalue weighted by atomic mass is 10.2. The molecule has 19 heavy (non-hydrogen) atoms. The number of hydrogen-bond acceptors (Lipinski definition) is 4. The molecular formula is C14H21N3O2. The molecule has 1 aliphatic heterocycles. The Balaban J connectivity index is 1.98. The highest BCUT2D eigenvalue weighted by atomic mass is 16.5. The molecule has 1 atom stereocenters. The first-order chi connectivity index (χ1) is 9.29. The van der Waals surface area contributed by atoms with Gasteiger partial charge in [0.1, 0.15) is 0 Å². The Kier molecular flexibility index (Phi) is 5.30. The minimum atomic E-state index is 0.0850. The second-order valence-electron chi connectivity index (χ2n) is 4.81. The molecule has 0 saturated carbocycles. The zero-order valence-corrected chi connectivity index (χ0v) is 11.1. The Bertz CT molecular complexity index is 391. The first-order valence-corrected chi connectivity index (χ1v) is 6.78. The van der Waals surface area contributed by atoms with E-state index in [9.17, 15) is 4.79 Å². The Morgan fingerprint density at radius 3 is 3.11 bits per heavy atom. The van der Waals surface area contributed by atoms with Crippen LogP contribution in [0, 0.1) is 0 Å². The molecule has 0 bridgehead atoms. The first kappa shape index (κ1) is 14.0. The largest absolute Gasteiger partial charge is 0.376 e. The first-order valence-electron chi connectivity index (χ1n) is 6.78.